The third kappa shape index (κ3) is 1.35. The quantitative estimate of drug-likeness (QED) is 0.674. The van der Waals surface area contributed by atoms with Crippen molar-refractivity contribution in [1.82, 2.24) is 0 Å². The number of hydrogen-bond donors (Lipinski definition) is 1. The van der Waals surface area contributed by atoms with E-state index in [9.17, 15) is 0 Å². The lowest BCUT2D eigenvalue weighted by molar-refractivity contribution is 0.181. The Kier molecular flexibility index (Phi) is 2.55. The van der Waals surface area contributed by atoms with Crippen LogP contribution in [0, 0.1) is 29.6 Å². The molecule has 0 N–H and O–H groups in total. The van der Waals surface area contributed by atoms with Gasteiger partial charge in [-0.05, 0) is 73.9 Å². The van der Waals surface area contributed by atoms with Crippen molar-refractivity contribution in [1.29, 1.82) is 0 Å². The normalized spacial score (nSPS) is 49.9. The van der Waals surface area contributed by atoms with E-state index in [1.165, 1.54) is 24.7 Å². The zero-order chi connectivity index (χ0) is 9.54. The first-order valence-corrected chi connectivity index (χ1v) is 7.14. The average molecular weight is 210 g/mol. The Morgan fingerprint density at radius 2 is 1.86 bits per heavy atom. The van der Waals surface area contributed by atoms with E-state index >= 15 is 0 Å². The first-order valence-electron chi connectivity index (χ1n) is 6.51. The largest absolute Gasteiger partial charge is 0.179 e. The second kappa shape index (κ2) is 3.73. The molecule has 5 unspecified atom stereocenters. The molecule has 3 saturated carbocycles. The van der Waals surface area contributed by atoms with Gasteiger partial charge in [-0.3, -0.25) is 0 Å². The second-order valence-corrected chi connectivity index (χ2v) is 6.23. The first-order chi connectivity index (χ1) is 6.90. The van der Waals surface area contributed by atoms with Crippen LogP contribution >= 0.6 is 12.6 Å². The van der Waals surface area contributed by atoms with Crippen molar-refractivity contribution in [3.8, 4) is 0 Å². The summed E-state index contributed by atoms with van der Waals surface area (Å²) in [5.74, 6) is 6.84. The smallest absolute Gasteiger partial charge is 0.00978 e. The molecule has 0 heterocycles. The highest BCUT2D eigenvalue weighted by Gasteiger charge is 2.53. The summed E-state index contributed by atoms with van der Waals surface area (Å²) in [4.78, 5) is 0. The van der Waals surface area contributed by atoms with Gasteiger partial charge in [0.1, 0.15) is 0 Å². The van der Waals surface area contributed by atoms with Crippen LogP contribution in [0.3, 0.4) is 0 Å². The lowest BCUT2D eigenvalue weighted by Crippen LogP contribution is -2.24. The molecule has 14 heavy (non-hydrogen) atoms. The monoisotopic (exact) mass is 210 g/mol. The summed E-state index contributed by atoms with van der Waals surface area (Å²) in [5, 5.41) is 0. The molecule has 3 fully saturated rings. The second-order valence-electron chi connectivity index (χ2n) is 5.78. The molecule has 0 aromatic rings. The van der Waals surface area contributed by atoms with Gasteiger partial charge in [0.15, 0.2) is 0 Å². The van der Waals surface area contributed by atoms with Crippen molar-refractivity contribution in [2.45, 2.75) is 44.9 Å². The number of rotatable bonds is 3. The predicted molar refractivity (Wildman–Crippen MR) is 63.6 cm³/mol. The zero-order valence-electron chi connectivity index (χ0n) is 8.99. The average Bonchev–Trinajstić information content (AvgIpc) is 2.85. The summed E-state index contributed by atoms with van der Waals surface area (Å²) in [7, 11) is 0. The van der Waals surface area contributed by atoms with Gasteiger partial charge in [-0.1, -0.05) is 6.42 Å². The Morgan fingerprint density at radius 3 is 2.71 bits per heavy atom. The minimum Gasteiger partial charge on any atom is -0.179 e. The molecule has 0 saturated heterocycles. The van der Waals surface area contributed by atoms with E-state index in [0.29, 0.717) is 0 Å². The van der Waals surface area contributed by atoms with Crippen LogP contribution in [0.2, 0.25) is 0 Å². The topological polar surface area (TPSA) is 0 Å². The van der Waals surface area contributed by atoms with E-state index in [0.717, 1.165) is 23.5 Å². The molecule has 1 heteroatoms. The summed E-state index contributed by atoms with van der Waals surface area (Å²) in [6.07, 6.45) is 10.7. The van der Waals surface area contributed by atoms with Crippen LogP contribution in [0.15, 0.2) is 0 Å². The molecule has 5 atom stereocenters. The van der Waals surface area contributed by atoms with Gasteiger partial charge in [-0.25, -0.2) is 0 Å². The molecule has 0 amide bonds. The van der Waals surface area contributed by atoms with Crippen LogP contribution in [-0.4, -0.2) is 5.75 Å². The Bertz CT molecular complexity index is 213. The standard InChI is InChI=1S/C13H22S/c14-6-2-3-9-7-10-8-13(9)12-5-1-4-11(10)12/h9-14H,1-8H2. The molecule has 0 nitrogen and oxygen atoms in total. The van der Waals surface area contributed by atoms with Crippen molar-refractivity contribution in [2.75, 3.05) is 5.75 Å². The van der Waals surface area contributed by atoms with Crippen molar-refractivity contribution in [3.63, 3.8) is 0 Å². The van der Waals surface area contributed by atoms with Gasteiger partial charge in [0.2, 0.25) is 0 Å². The Labute approximate surface area is 93.3 Å². The van der Waals surface area contributed by atoms with Gasteiger partial charge in [0.05, 0.1) is 0 Å². The maximum absolute atomic E-state index is 4.34. The van der Waals surface area contributed by atoms with Gasteiger partial charge < -0.3 is 0 Å². The summed E-state index contributed by atoms with van der Waals surface area (Å²) < 4.78 is 0. The highest BCUT2D eigenvalue weighted by Crippen LogP contribution is 2.61. The van der Waals surface area contributed by atoms with Crippen molar-refractivity contribution in [3.05, 3.63) is 0 Å². The summed E-state index contributed by atoms with van der Waals surface area (Å²) >= 11 is 4.34. The van der Waals surface area contributed by atoms with Crippen LogP contribution < -0.4 is 0 Å². The van der Waals surface area contributed by atoms with E-state index in [1.807, 2.05) is 0 Å². The number of hydrogen-bond acceptors (Lipinski definition) is 1. The molecule has 2 bridgehead atoms. The minimum atomic E-state index is 1.10. The molecule has 0 aromatic heterocycles. The Hall–Kier alpha value is 0.350. The van der Waals surface area contributed by atoms with Gasteiger partial charge in [-0.15, -0.1) is 0 Å². The molecule has 0 spiro atoms. The van der Waals surface area contributed by atoms with Gasteiger partial charge >= 0.3 is 0 Å². The highest BCUT2D eigenvalue weighted by molar-refractivity contribution is 7.80. The maximum Gasteiger partial charge on any atom is -0.00978 e. The molecule has 0 radical (unpaired) electrons. The lowest BCUT2D eigenvalue weighted by atomic mass is 9.74. The Morgan fingerprint density at radius 1 is 1.00 bits per heavy atom. The molecule has 3 aliphatic carbocycles. The minimum absolute atomic E-state index is 1.10. The fraction of sp³-hybridized carbons (Fsp3) is 1.00. The van der Waals surface area contributed by atoms with Gasteiger partial charge in [-0.2, -0.15) is 12.6 Å². The molecular weight excluding hydrogens is 188 g/mol. The van der Waals surface area contributed by atoms with Crippen molar-refractivity contribution < 1.29 is 0 Å². The van der Waals surface area contributed by atoms with Crippen LogP contribution in [0.1, 0.15) is 44.9 Å². The van der Waals surface area contributed by atoms with E-state index in [1.54, 1.807) is 32.1 Å². The van der Waals surface area contributed by atoms with Gasteiger partial charge in [0.25, 0.3) is 0 Å². The Balaban J connectivity index is 1.65. The lowest BCUT2D eigenvalue weighted by Gasteiger charge is -2.31. The van der Waals surface area contributed by atoms with Crippen LogP contribution in [0.25, 0.3) is 0 Å². The molecular formula is C13H22S. The fourth-order valence-electron chi connectivity index (χ4n) is 4.90. The third-order valence-electron chi connectivity index (χ3n) is 5.30. The van der Waals surface area contributed by atoms with Crippen LogP contribution in [0.5, 0.6) is 0 Å². The molecule has 80 valence electrons. The summed E-state index contributed by atoms with van der Waals surface area (Å²) in [6.45, 7) is 0. The van der Waals surface area contributed by atoms with E-state index in [4.69, 9.17) is 0 Å². The van der Waals surface area contributed by atoms with Crippen molar-refractivity contribution in [2.24, 2.45) is 29.6 Å². The highest BCUT2D eigenvalue weighted by atomic mass is 32.1. The van der Waals surface area contributed by atoms with Crippen LogP contribution in [0.4, 0.5) is 0 Å². The number of thiol groups is 1. The summed E-state index contributed by atoms with van der Waals surface area (Å²) in [6, 6.07) is 0. The zero-order valence-corrected chi connectivity index (χ0v) is 9.89. The molecule has 3 rings (SSSR count). The molecule has 3 aliphatic rings. The van der Waals surface area contributed by atoms with Gasteiger partial charge in [0, 0.05) is 0 Å². The third-order valence-corrected chi connectivity index (χ3v) is 5.62. The SMILES string of the molecule is SCCCC1CC2CC1C1CCCC21. The van der Waals surface area contributed by atoms with E-state index in [2.05, 4.69) is 12.6 Å². The first kappa shape index (κ1) is 9.57. The molecule has 0 aliphatic heterocycles. The fourth-order valence-corrected chi connectivity index (χ4v) is 5.08. The maximum atomic E-state index is 4.34. The van der Waals surface area contributed by atoms with Crippen LogP contribution in [-0.2, 0) is 0 Å². The number of fused-ring (bicyclic) bond motifs is 5. The summed E-state index contributed by atoms with van der Waals surface area (Å²) in [5.41, 5.74) is 0. The molecule has 0 aromatic carbocycles. The predicted octanol–water partition coefficient (Wildman–Crippen LogP) is 3.77. The van der Waals surface area contributed by atoms with E-state index < -0.39 is 0 Å². The van der Waals surface area contributed by atoms with E-state index in [-0.39, 0.29) is 0 Å². The van der Waals surface area contributed by atoms with Crippen molar-refractivity contribution >= 4 is 12.6 Å².